The molecule has 0 saturated carbocycles. The molecule has 0 atom stereocenters. The molecule has 0 spiro atoms. The lowest BCUT2D eigenvalue weighted by atomic mass is 10.1. The van der Waals surface area contributed by atoms with Crippen LogP contribution in [-0.2, 0) is 11.3 Å². The normalized spacial score (nSPS) is 14.3. The molecule has 0 unspecified atom stereocenters. The summed E-state index contributed by atoms with van der Waals surface area (Å²) in [6.45, 7) is 0.163. The summed E-state index contributed by atoms with van der Waals surface area (Å²) in [7, 11) is 1.40. The van der Waals surface area contributed by atoms with Crippen molar-refractivity contribution in [3.8, 4) is 11.5 Å². The number of halogens is 1. The van der Waals surface area contributed by atoms with Gasteiger partial charge in [-0.1, -0.05) is 34.1 Å². The van der Waals surface area contributed by atoms with Crippen molar-refractivity contribution in [2.75, 3.05) is 7.11 Å². The lowest BCUT2D eigenvalue weighted by Gasteiger charge is -2.12. The SMILES string of the molecule is COc1cc(/C=C2\SC(=O)N(Cc3ccc(Br)cc3)C2=O)ccc1OC(=O)c1ccc([N+](=O)[O-])cc1. The van der Waals surface area contributed by atoms with Gasteiger partial charge in [0.05, 0.1) is 29.0 Å². The Morgan fingerprint density at radius 3 is 2.39 bits per heavy atom. The molecule has 1 aliphatic rings. The number of ether oxygens (including phenoxy) is 2. The van der Waals surface area contributed by atoms with E-state index >= 15 is 0 Å². The Balaban J connectivity index is 1.49. The molecule has 4 rings (SSSR count). The minimum absolute atomic E-state index is 0.126. The van der Waals surface area contributed by atoms with Crippen molar-refractivity contribution in [2.45, 2.75) is 6.54 Å². The minimum Gasteiger partial charge on any atom is -0.493 e. The van der Waals surface area contributed by atoms with Crippen molar-refractivity contribution in [2.24, 2.45) is 0 Å². The van der Waals surface area contributed by atoms with Crippen LogP contribution in [0.15, 0.2) is 76.1 Å². The molecule has 0 bridgehead atoms. The number of nitro groups is 1. The summed E-state index contributed by atoms with van der Waals surface area (Å²) in [5.74, 6) is -0.764. The first kappa shape index (κ1) is 25.1. The van der Waals surface area contributed by atoms with E-state index in [9.17, 15) is 24.5 Å². The number of carbonyl (C=O) groups excluding carboxylic acids is 3. The monoisotopic (exact) mass is 568 g/mol. The van der Waals surface area contributed by atoms with Crippen LogP contribution in [-0.4, -0.2) is 34.0 Å². The molecule has 0 aromatic heterocycles. The summed E-state index contributed by atoms with van der Waals surface area (Å²) in [5, 5.41) is 10.4. The van der Waals surface area contributed by atoms with Crippen LogP contribution in [0.5, 0.6) is 11.5 Å². The first-order chi connectivity index (χ1) is 17.2. The van der Waals surface area contributed by atoms with Crippen LogP contribution in [0, 0.1) is 10.1 Å². The van der Waals surface area contributed by atoms with Gasteiger partial charge in [0.2, 0.25) is 0 Å². The molecule has 0 aliphatic carbocycles. The van der Waals surface area contributed by atoms with Crippen LogP contribution in [0.4, 0.5) is 10.5 Å². The van der Waals surface area contributed by atoms with Crippen molar-refractivity contribution in [1.29, 1.82) is 0 Å². The number of carbonyl (C=O) groups is 3. The molecule has 3 aromatic rings. The number of hydrogen-bond acceptors (Lipinski definition) is 8. The van der Waals surface area contributed by atoms with Gasteiger partial charge in [0, 0.05) is 16.6 Å². The lowest BCUT2D eigenvalue weighted by molar-refractivity contribution is -0.384. The largest absolute Gasteiger partial charge is 0.493 e. The van der Waals surface area contributed by atoms with E-state index in [2.05, 4.69) is 15.9 Å². The fourth-order valence-electron chi connectivity index (χ4n) is 3.30. The predicted octanol–water partition coefficient (Wildman–Crippen LogP) is 5.82. The zero-order valence-electron chi connectivity index (χ0n) is 18.7. The Morgan fingerprint density at radius 1 is 1.06 bits per heavy atom. The topological polar surface area (TPSA) is 116 Å². The Kier molecular flexibility index (Phi) is 7.51. The summed E-state index contributed by atoms with van der Waals surface area (Å²) < 4.78 is 11.6. The fraction of sp³-hybridized carbons (Fsp3) is 0.0800. The van der Waals surface area contributed by atoms with E-state index in [0.717, 1.165) is 21.8 Å². The number of nitro benzene ring substituents is 1. The number of imide groups is 1. The predicted molar refractivity (Wildman–Crippen MR) is 137 cm³/mol. The maximum absolute atomic E-state index is 12.8. The van der Waals surface area contributed by atoms with Crippen molar-refractivity contribution in [3.63, 3.8) is 0 Å². The number of methoxy groups -OCH3 is 1. The molecule has 1 heterocycles. The van der Waals surface area contributed by atoms with Gasteiger partial charge in [-0.2, -0.15) is 0 Å². The van der Waals surface area contributed by atoms with Crippen molar-refractivity contribution >= 4 is 56.6 Å². The van der Waals surface area contributed by atoms with E-state index in [1.807, 2.05) is 24.3 Å². The molecule has 9 nitrogen and oxygen atoms in total. The Labute approximate surface area is 218 Å². The summed E-state index contributed by atoms with van der Waals surface area (Å²) in [5.41, 5.74) is 1.37. The summed E-state index contributed by atoms with van der Waals surface area (Å²) in [6.07, 6.45) is 1.57. The third-order valence-electron chi connectivity index (χ3n) is 5.13. The number of esters is 1. The highest BCUT2D eigenvalue weighted by Gasteiger charge is 2.35. The zero-order chi connectivity index (χ0) is 25.8. The number of thioether (sulfide) groups is 1. The van der Waals surface area contributed by atoms with Gasteiger partial charge in [-0.15, -0.1) is 0 Å². The van der Waals surface area contributed by atoms with Gasteiger partial charge in [0.1, 0.15) is 0 Å². The molecule has 1 fully saturated rings. The first-order valence-corrected chi connectivity index (χ1v) is 12.0. The van der Waals surface area contributed by atoms with Crippen LogP contribution in [0.2, 0.25) is 0 Å². The quantitative estimate of drug-likeness (QED) is 0.115. The van der Waals surface area contributed by atoms with Gasteiger partial charge in [0.25, 0.3) is 16.8 Å². The highest BCUT2D eigenvalue weighted by molar-refractivity contribution is 9.10. The van der Waals surface area contributed by atoms with E-state index < -0.39 is 16.8 Å². The average molecular weight is 569 g/mol. The maximum Gasteiger partial charge on any atom is 0.343 e. The van der Waals surface area contributed by atoms with E-state index in [4.69, 9.17) is 9.47 Å². The molecular formula is C25H17BrN2O7S. The molecule has 182 valence electrons. The Morgan fingerprint density at radius 2 is 1.75 bits per heavy atom. The smallest absolute Gasteiger partial charge is 0.343 e. The van der Waals surface area contributed by atoms with Gasteiger partial charge >= 0.3 is 5.97 Å². The second-order valence-electron chi connectivity index (χ2n) is 7.50. The second kappa shape index (κ2) is 10.8. The van der Waals surface area contributed by atoms with Crippen LogP contribution in [0.3, 0.4) is 0 Å². The van der Waals surface area contributed by atoms with Crippen LogP contribution in [0.1, 0.15) is 21.5 Å². The first-order valence-electron chi connectivity index (χ1n) is 10.4. The summed E-state index contributed by atoms with van der Waals surface area (Å²) >= 11 is 4.20. The van der Waals surface area contributed by atoms with Gasteiger partial charge in [-0.3, -0.25) is 24.6 Å². The highest BCUT2D eigenvalue weighted by atomic mass is 79.9. The number of non-ortho nitro benzene ring substituents is 1. The van der Waals surface area contributed by atoms with Gasteiger partial charge in [-0.25, -0.2) is 4.79 Å². The molecule has 0 N–H and O–H groups in total. The van der Waals surface area contributed by atoms with E-state index in [0.29, 0.717) is 5.56 Å². The number of rotatable bonds is 7. The molecule has 1 aliphatic heterocycles. The Bertz CT molecular complexity index is 1390. The molecule has 36 heavy (non-hydrogen) atoms. The van der Waals surface area contributed by atoms with Crippen molar-refractivity contribution in [1.82, 2.24) is 4.90 Å². The number of amides is 2. The lowest BCUT2D eigenvalue weighted by Crippen LogP contribution is -2.27. The third-order valence-corrected chi connectivity index (χ3v) is 6.57. The molecule has 1 saturated heterocycles. The van der Waals surface area contributed by atoms with Gasteiger partial charge in [0.15, 0.2) is 11.5 Å². The van der Waals surface area contributed by atoms with Crippen LogP contribution in [0.25, 0.3) is 6.08 Å². The van der Waals surface area contributed by atoms with Crippen LogP contribution < -0.4 is 9.47 Å². The molecule has 11 heteroatoms. The van der Waals surface area contributed by atoms with E-state index in [-0.39, 0.29) is 39.4 Å². The summed E-state index contributed by atoms with van der Waals surface area (Å²) in [4.78, 5) is 49.4. The highest BCUT2D eigenvalue weighted by Crippen LogP contribution is 2.35. The molecule has 3 aromatic carbocycles. The summed E-state index contributed by atoms with van der Waals surface area (Å²) in [6, 6.07) is 17.0. The Hall–Kier alpha value is -3.96. The number of benzene rings is 3. The van der Waals surface area contributed by atoms with E-state index in [1.54, 1.807) is 18.2 Å². The maximum atomic E-state index is 12.8. The second-order valence-corrected chi connectivity index (χ2v) is 9.41. The molecular weight excluding hydrogens is 552 g/mol. The third kappa shape index (κ3) is 5.64. The fourth-order valence-corrected chi connectivity index (χ4v) is 4.40. The number of nitrogens with zero attached hydrogens (tertiary/aromatic N) is 2. The zero-order valence-corrected chi connectivity index (χ0v) is 21.1. The molecule has 0 radical (unpaired) electrons. The molecule has 2 amide bonds. The number of hydrogen-bond donors (Lipinski definition) is 0. The van der Waals surface area contributed by atoms with Gasteiger partial charge in [-0.05, 0) is 65.4 Å². The van der Waals surface area contributed by atoms with Crippen LogP contribution >= 0.6 is 27.7 Å². The minimum atomic E-state index is -0.718. The standard InChI is InChI=1S/C25H17BrN2O7S/c1-34-21-12-16(4-11-20(21)35-24(30)17-5-9-19(10-6-17)28(32)33)13-22-23(29)27(25(31)36-22)14-15-2-7-18(26)8-3-15/h2-13H,14H2,1H3/b22-13-. The van der Waals surface area contributed by atoms with Crippen molar-refractivity contribution in [3.05, 3.63) is 103 Å². The average Bonchev–Trinajstić information content (AvgIpc) is 3.13. The van der Waals surface area contributed by atoms with Gasteiger partial charge < -0.3 is 9.47 Å². The van der Waals surface area contributed by atoms with Crippen molar-refractivity contribution < 1.29 is 28.8 Å². The van der Waals surface area contributed by atoms with E-state index in [1.165, 1.54) is 42.3 Å².